The third-order valence-electron chi connectivity index (χ3n) is 3.43. The Bertz CT molecular complexity index is 365. The summed E-state index contributed by atoms with van der Waals surface area (Å²) in [6.07, 6.45) is 4.24. The maximum Gasteiger partial charge on any atom is 0.168 e. The van der Waals surface area contributed by atoms with Gasteiger partial charge < -0.3 is 4.89 Å². The van der Waals surface area contributed by atoms with Gasteiger partial charge in [-0.15, -0.1) is 0 Å². The van der Waals surface area contributed by atoms with Crippen molar-refractivity contribution in [3.8, 4) is 5.75 Å². The first-order chi connectivity index (χ1) is 9.02. The molecule has 2 nitrogen and oxygen atoms in total. The van der Waals surface area contributed by atoms with Crippen LogP contribution in [0.5, 0.6) is 5.75 Å². The van der Waals surface area contributed by atoms with Gasteiger partial charge >= 0.3 is 0 Å². The maximum absolute atomic E-state index is 5.79. The van der Waals surface area contributed by atoms with E-state index in [-0.39, 0.29) is 5.60 Å². The molecular formula is C17H28O2. The molecular weight excluding hydrogens is 236 g/mol. The van der Waals surface area contributed by atoms with E-state index in [1.807, 2.05) is 18.2 Å². The average molecular weight is 264 g/mol. The zero-order chi connectivity index (χ0) is 14.3. The number of hydrogen-bond acceptors (Lipinski definition) is 2. The summed E-state index contributed by atoms with van der Waals surface area (Å²) in [5.41, 5.74) is 1.01. The summed E-state index contributed by atoms with van der Waals surface area (Å²) >= 11 is 0. The van der Waals surface area contributed by atoms with E-state index in [2.05, 4.69) is 40.7 Å². The molecule has 0 radical (unpaired) electrons. The molecule has 19 heavy (non-hydrogen) atoms. The number of hydrogen-bond donors (Lipinski definition) is 0. The molecule has 0 atom stereocenters. The van der Waals surface area contributed by atoms with Crippen molar-refractivity contribution in [2.45, 2.75) is 71.8 Å². The molecule has 108 valence electrons. The van der Waals surface area contributed by atoms with E-state index in [0.717, 1.165) is 31.4 Å². The Labute approximate surface area is 118 Å². The normalized spacial score (nSPS) is 11.9. The quantitative estimate of drug-likeness (QED) is 0.457. The summed E-state index contributed by atoms with van der Waals surface area (Å²) in [5.74, 6) is 1.28. The second-order valence-electron chi connectivity index (χ2n) is 5.81. The minimum absolute atomic E-state index is 0.187. The molecule has 1 aromatic rings. The largest absolute Gasteiger partial charge is 0.337 e. The highest BCUT2D eigenvalue weighted by Crippen LogP contribution is 2.29. The molecule has 0 unspecified atom stereocenters. The van der Waals surface area contributed by atoms with E-state index in [4.69, 9.17) is 9.78 Å². The van der Waals surface area contributed by atoms with Crippen LogP contribution in [0, 0.1) is 0 Å². The predicted molar refractivity (Wildman–Crippen MR) is 80.5 cm³/mol. The van der Waals surface area contributed by atoms with Gasteiger partial charge in [-0.25, -0.2) is 0 Å². The Kier molecular flexibility index (Phi) is 6.36. The van der Waals surface area contributed by atoms with Gasteiger partial charge in [-0.05, 0) is 31.7 Å². The van der Waals surface area contributed by atoms with Crippen LogP contribution in [-0.2, 0) is 4.89 Å². The number of para-hydroxylation sites is 1. The van der Waals surface area contributed by atoms with Crippen LogP contribution in [0.25, 0.3) is 0 Å². The molecule has 0 fully saturated rings. The van der Waals surface area contributed by atoms with Gasteiger partial charge in [0.1, 0.15) is 5.60 Å². The first kappa shape index (κ1) is 16.0. The number of rotatable bonds is 8. The van der Waals surface area contributed by atoms with Gasteiger partial charge in [0.2, 0.25) is 0 Å². The van der Waals surface area contributed by atoms with Crippen molar-refractivity contribution in [3.63, 3.8) is 0 Å². The third kappa shape index (κ3) is 4.87. The van der Waals surface area contributed by atoms with Gasteiger partial charge in [-0.3, -0.25) is 0 Å². The SMILES string of the molecule is CCCC(C)(CCC)OOc1ccccc1C(C)C. The van der Waals surface area contributed by atoms with Crippen molar-refractivity contribution in [2.24, 2.45) is 0 Å². The molecule has 0 saturated heterocycles. The Hall–Kier alpha value is -1.02. The molecule has 1 aromatic carbocycles. The summed E-state index contributed by atoms with van der Waals surface area (Å²) in [6.45, 7) is 10.8. The van der Waals surface area contributed by atoms with Crippen molar-refractivity contribution < 1.29 is 9.78 Å². The molecule has 0 aromatic heterocycles. The summed E-state index contributed by atoms with van der Waals surface area (Å²) in [6, 6.07) is 8.11. The average Bonchev–Trinajstić information content (AvgIpc) is 2.37. The summed E-state index contributed by atoms with van der Waals surface area (Å²) in [7, 11) is 0. The van der Waals surface area contributed by atoms with Crippen LogP contribution < -0.4 is 4.89 Å². The molecule has 0 aliphatic heterocycles. The van der Waals surface area contributed by atoms with E-state index >= 15 is 0 Å². The van der Waals surface area contributed by atoms with Gasteiger partial charge in [0, 0.05) is 5.56 Å². The summed E-state index contributed by atoms with van der Waals surface area (Å²) in [5, 5.41) is 0. The van der Waals surface area contributed by atoms with Crippen LogP contribution in [0.4, 0.5) is 0 Å². The topological polar surface area (TPSA) is 18.5 Å². The molecule has 0 saturated carbocycles. The first-order valence-electron chi connectivity index (χ1n) is 7.47. The monoisotopic (exact) mass is 264 g/mol. The molecule has 0 heterocycles. The molecule has 0 bridgehead atoms. The van der Waals surface area contributed by atoms with Crippen LogP contribution >= 0.6 is 0 Å². The Balaban J connectivity index is 2.74. The minimum Gasteiger partial charge on any atom is -0.337 e. The van der Waals surface area contributed by atoms with Crippen molar-refractivity contribution in [2.75, 3.05) is 0 Å². The van der Waals surface area contributed by atoms with E-state index < -0.39 is 0 Å². The molecule has 0 amide bonds. The van der Waals surface area contributed by atoms with Gasteiger partial charge in [-0.2, -0.15) is 4.89 Å². The van der Waals surface area contributed by atoms with Crippen LogP contribution in [0.2, 0.25) is 0 Å². The lowest BCUT2D eigenvalue weighted by atomic mass is 9.95. The van der Waals surface area contributed by atoms with Crippen LogP contribution in [0.3, 0.4) is 0 Å². The highest BCUT2D eigenvalue weighted by molar-refractivity contribution is 5.35. The van der Waals surface area contributed by atoms with Crippen LogP contribution in [0.1, 0.15) is 71.8 Å². The minimum atomic E-state index is -0.187. The van der Waals surface area contributed by atoms with Gasteiger partial charge in [0.05, 0.1) is 0 Å². The van der Waals surface area contributed by atoms with Crippen molar-refractivity contribution >= 4 is 0 Å². The predicted octanol–water partition coefficient (Wildman–Crippen LogP) is 5.48. The lowest BCUT2D eigenvalue weighted by molar-refractivity contribution is -0.291. The van der Waals surface area contributed by atoms with Gasteiger partial charge in [0.25, 0.3) is 0 Å². The lowest BCUT2D eigenvalue weighted by Crippen LogP contribution is -2.30. The van der Waals surface area contributed by atoms with Crippen molar-refractivity contribution in [1.29, 1.82) is 0 Å². The fourth-order valence-corrected chi connectivity index (χ4v) is 2.44. The van der Waals surface area contributed by atoms with Crippen molar-refractivity contribution in [1.82, 2.24) is 0 Å². The van der Waals surface area contributed by atoms with E-state index in [0.29, 0.717) is 5.92 Å². The van der Waals surface area contributed by atoms with Crippen LogP contribution in [-0.4, -0.2) is 5.60 Å². The second kappa shape index (κ2) is 7.54. The van der Waals surface area contributed by atoms with E-state index in [1.54, 1.807) is 0 Å². The summed E-state index contributed by atoms with van der Waals surface area (Å²) < 4.78 is 0. The van der Waals surface area contributed by atoms with Gasteiger partial charge in [0.15, 0.2) is 5.75 Å². The highest BCUT2D eigenvalue weighted by Gasteiger charge is 2.26. The maximum atomic E-state index is 5.79. The van der Waals surface area contributed by atoms with Gasteiger partial charge in [-0.1, -0.05) is 58.7 Å². The van der Waals surface area contributed by atoms with E-state index in [1.165, 1.54) is 5.56 Å². The van der Waals surface area contributed by atoms with Crippen molar-refractivity contribution in [3.05, 3.63) is 29.8 Å². The Morgan fingerprint density at radius 2 is 1.63 bits per heavy atom. The highest BCUT2D eigenvalue weighted by atomic mass is 17.2. The van der Waals surface area contributed by atoms with E-state index in [9.17, 15) is 0 Å². The molecule has 2 heteroatoms. The third-order valence-corrected chi connectivity index (χ3v) is 3.43. The second-order valence-corrected chi connectivity index (χ2v) is 5.81. The lowest BCUT2D eigenvalue weighted by Gasteiger charge is -2.28. The molecule has 0 aliphatic carbocycles. The molecule has 0 aliphatic rings. The summed E-state index contributed by atoms with van der Waals surface area (Å²) in [4.78, 5) is 11.5. The fraction of sp³-hybridized carbons (Fsp3) is 0.647. The standard InChI is InChI=1S/C17H28O2/c1-6-12-17(5,13-7-2)19-18-16-11-9-8-10-15(16)14(3)4/h8-11,14H,6-7,12-13H2,1-5H3. The Morgan fingerprint density at radius 1 is 1.05 bits per heavy atom. The number of benzene rings is 1. The zero-order valence-electron chi connectivity index (χ0n) is 13.0. The molecule has 0 spiro atoms. The molecule has 0 N–H and O–H groups in total. The fourth-order valence-electron chi connectivity index (χ4n) is 2.44. The molecule has 1 rings (SSSR count). The zero-order valence-corrected chi connectivity index (χ0v) is 13.0. The van der Waals surface area contributed by atoms with Crippen LogP contribution in [0.15, 0.2) is 24.3 Å². The Morgan fingerprint density at radius 3 is 2.16 bits per heavy atom. The smallest absolute Gasteiger partial charge is 0.168 e. The first-order valence-corrected chi connectivity index (χ1v) is 7.47.